The molecular weight excluding hydrogens is 353 g/mol. The monoisotopic (exact) mass is 375 g/mol. The first-order chi connectivity index (χ1) is 12.9. The maximum atomic E-state index is 12.9. The van der Waals surface area contributed by atoms with Crippen molar-refractivity contribution in [3.63, 3.8) is 0 Å². The van der Waals surface area contributed by atoms with E-state index < -0.39 is 30.3 Å². The third-order valence-corrected chi connectivity index (χ3v) is 5.19. The Morgan fingerprint density at radius 2 is 1.78 bits per heavy atom. The van der Waals surface area contributed by atoms with Crippen molar-refractivity contribution in [2.24, 2.45) is 5.92 Å². The summed E-state index contributed by atoms with van der Waals surface area (Å²) >= 11 is 0. The van der Waals surface area contributed by atoms with E-state index in [2.05, 4.69) is 5.32 Å². The van der Waals surface area contributed by atoms with Crippen molar-refractivity contribution in [1.82, 2.24) is 15.1 Å². The minimum atomic E-state index is -0.963. The van der Waals surface area contributed by atoms with Crippen LogP contribution >= 0.6 is 0 Å². The van der Waals surface area contributed by atoms with Crippen LogP contribution in [0.5, 0.6) is 0 Å². The highest BCUT2D eigenvalue weighted by atomic mass is 19.1. The summed E-state index contributed by atoms with van der Waals surface area (Å²) in [6.07, 6.45) is 3.51. The third-order valence-electron chi connectivity index (χ3n) is 5.19. The molecule has 0 radical (unpaired) electrons. The van der Waals surface area contributed by atoms with Crippen molar-refractivity contribution in [3.05, 3.63) is 35.6 Å². The van der Waals surface area contributed by atoms with Crippen molar-refractivity contribution in [2.75, 3.05) is 6.54 Å². The molecule has 1 N–H and O–H groups in total. The van der Waals surface area contributed by atoms with Crippen LogP contribution in [0.1, 0.15) is 38.2 Å². The average Bonchev–Trinajstić information content (AvgIpc) is 2.85. The Labute approximate surface area is 156 Å². The fraction of sp³-hybridized carbons (Fsp3) is 0.474. The van der Waals surface area contributed by atoms with Gasteiger partial charge in [-0.1, -0.05) is 31.9 Å². The summed E-state index contributed by atoms with van der Waals surface area (Å²) in [7, 11) is 0. The number of amides is 5. The maximum absolute atomic E-state index is 12.9. The zero-order valence-corrected chi connectivity index (χ0v) is 15.1. The molecule has 1 saturated heterocycles. The molecule has 7 nitrogen and oxygen atoms in total. The first kappa shape index (κ1) is 19.0. The highest BCUT2D eigenvalue weighted by molar-refractivity contribution is 6.45. The molecule has 1 aromatic rings. The van der Waals surface area contributed by atoms with E-state index in [1.807, 2.05) is 6.92 Å². The number of halogens is 1. The van der Waals surface area contributed by atoms with E-state index >= 15 is 0 Å². The van der Waals surface area contributed by atoms with Gasteiger partial charge >= 0.3 is 17.8 Å². The normalized spacial score (nSPS) is 23.1. The van der Waals surface area contributed by atoms with Gasteiger partial charge in [0.2, 0.25) is 5.91 Å². The van der Waals surface area contributed by atoms with Gasteiger partial charge in [0.25, 0.3) is 0 Å². The topological polar surface area (TPSA) is 86.8 Å². The Morgan fingerprint density at radius 1 is 1.11 bits per heavy atom. The standard InChI is InChI=1S/C19H22FN3O4/c1-12-4-2-3-5-15(12)23-18(26)17(25)22(19(23)27)11-16(24)21-10-13-6-8-14(20)9-7-13/h6-9,12,15H,2-5,10-11H2,1H3,(H,21,24)/t12-,15+/m1/s1. The molecule has 0 bridgehead atoms. The van der Waals surface area contributed by atoms with E-state index in [1.54, 1.807) is 0 Å². The third kappa shape index (κ3) is 3.99. The Bertz CT molecular complexity index is 765. The highest BCUT2D eigenvalue weighted by Gasteiger charge is 2.49. The van der Waals surface area contributed by atoms with E-state index in [-0.39, 0.29) is 24.3 Å². The van der Waals surface area contributed by atoms with Gasteiger partial charge in [0.1, 0.15) is 12.4 Å². The van der Waals surface area contributed by atoms with Crippen molar-refractivity contribution in [2.45, 2.75) is 45.2 Å². The van der Waals surface area contributed by atoms with Gasteiger partial charge in [-0.05, 0) is 36.5 Å². The number of carbonyl (C=O) groups excluding carboxylic acids is 4. The van der Waals surface area contributed by atoms with Crippen LogP contribution in [0.2, 0.25) is 0 Å². The van der Waals surface area contributed by atoms with Crippen LogP contribution in [-0.2, 0) is 20.9 Å². The molecule has 0 unspecified atom stereocenters. The lowest BCUT2D eigenvalue weighted by atomic mass is 9.85. The van der Waals surface area contributed by atoms with Crippen LogP contribution in [0.4, 0.5) is 9.18 Å². The van der Waals surface area contributed by atoms with Crippen LogP contribution in [0.3, 0.4) is 0 Å². The Morgan fingerprint density at radius 3 is 2.44 bits per heavy atom. The lowest BCUT2D eigenvalue weighted by molar-refractivity contribution is -0.145. The first-order valence-electron chi connectivity index (χ1n) is 9.08. The number of nitrogens with one attached hydrogen (secondary N) is 1. The van der Waals surface area contributed by atoms with E-state index in [0.29, 0.717) is 16.9 Å². The molecule has 1 heterocycles. The Hall–Kier alpha value is -2.77. The maximum Gasteiger partial charge on any atom is 0.334 e. The largest absolute Gasteiger partial charge is 0.350 e. The van der Waals surface area contributed by atoms with Crippen LogP contribution in [-0.4, -0.2) is 46.1 Å². The quantitative estimate of drug-likeness (QED) is 0.628. The minimum Gasteiger partial charge on any atom is -0.350 e. The number of nitrogens with zero attached hydrogens (tertiary/aromatic N) is 2. The molecule has 2 fully saturated rings. The predicted molar refractivity (Wildman–Crippen MR) is 93.6 cm³/mol. The summed E-state index contributed by atoms with van der Waals surface area (Å²) in [5.41, 5.74) is 0.678. The average molecular weight is 375 g/mol. The summed E-state index contributed by atoms with van der Waals surface area (Å²) in [6, 6.07) is 4.58. The second-order valence-corrected chi connectivity index (χ2v) is 7.08. The van der Waals surface area contributed by atoms with Gasteiger partial charge in [-0.2, -0.15) is 0 Å². The number of rotatable bonds is 5. The Kier molecular flexibility index (Phi) is 5.53. The first-order valence-corrected chi connectivity index (χ1v) is 9.08. The molecule has 8 heteroatoms. The van der Waals surface area contributed by atoms with Gasteiger partial charge < -0.3 is 5.32 Å². The van der Waals surface area contributed by atoms with E-state index in [1.165, 1.54) is 24.3 Å². The molecule has 5 amide bonds. The summed E-state index contributed by atoms with van der Waals surface area (Å²) in [5, 5.41) is 2.57. The summed E-state index contributed by atoms with van der Waals surface area (Å²) < 4.78 is 12.9. The molecular formula is C19H22FN3O4. The summed E-state index contributed by atoms with van der Waals surface area (Å²) in [5.74, 6) is -2.63. The zero-order chi connectivity index (χ0) is 19.6. The van der Waals surface area contributed by atoms with Gasteiger partial charge in [-0.25, -0.2) is 14.1 Å². The molecule has 144 valence electrons. The second-order valence-electron chi connectivity index (χ2n) is 7.08. The number of hydrogen-bond acceptors (Lipinski definition) is 4. The number of imide groups is 2. The molecule has 1 saturated carbocycles. The number of hydrogen-bond donors (Lipinski definition) is 1. The smallest absolute Gasteiger partial charge is 0.334 e. The fourth-order valence-corrected chi connectivity index (χ4v) is 3.64. The molecule has 27 heavy (non-hydrogen) atoms. The van der Waals surface area contributed by atoms with Crippen molar-refractivity contribution in [3.8, 4) is 0 Å². The molecule has 1 aliphatic heterocycles. The lowest BCUT2D eigenvalue weighted by Gasteiger charge is -2.34. The van der Waals surface area contributed by atoms with Crippen LogP contribution in [0.15, 0.2) is 24.3 Å². The molecule has 1 aromatic carbocycles. The van der Waals surface area contributed by atoms with Crippen molar-refractivity contribution < 1.29 is 23.6 Å². The van der Waals surface area contributed by atoms with E-state index in [4.69, 9.17) is 0 Å². The van der Waals surface area contributed by atoms with E-state index in [0.717, 1.165) is 24.2 Å². The summed E-state index contributed by atoms with van der Waals surface area (Å²) in [4.78, 5) is 51.0. The molecule has 0 spiro atoms. The van der Waals surface area contributed by atoms with Gasteiger partial charge in [0, 0.05) is 12.6 Å². The lowest BCUT2D eigenvalue weighted by Crippen LogP contribution is -2.47. The SMILES string of the molecule is C[C@@H]1CCCC[C@@H]1N1C(=O)C(=O)N(CC(=O)NCc2ccc(F)cc2)C1=O. The van der Waals surface area contributed by atoms with Crippen LogP contribution < -0.4 is 5.32 Å². The van der Waals surface area contributed by atoms with E-state index in [9.17, 15) is 23.6 Å². The molecule has 2 aliphatic rings. The van der Waals surface area contributed by atoms with Gasteiger partial charge in [-0.3, -0.25) is 19.3 Å². The highest BCUT2D eigenvalue weighted by Crippen LogP contribution is 2.31. The molecule has 2 atom stereocenters. The van der Waals surface area contributed by atoms with Crippen LogP contribution in [0, 0.1) is 11.7 Å². The van der Waals surface area contributed by atoms with Gasteiger partial charge in [-0.15, -0.1) is 0 Å². The Balaban J connectivity index is 1.61. The molecule has 1 aliphatic carbocycles. The minimum absolute atomic E-state index is 0.131. The van der Waals surface area contributed by atoms with Crippen molar-refractivity contribution >= 4 is 23.8 Å². The zero-order valence-electron chi connectivity index (χ0n) is 15.1. The second kappa shape index (κ2) is 7.85. The van der Waals surface area contributed by atoms with Crippen molar-refractivity contribution in [1.29, 1.82) is 0 Å². The number of benzene rings is 1. The molecule has 3 rings (SSSR count). The molecule has 0 aromatic heterocycles. The summed E-state index contributed by atoms with van der Waals surface area (Å²) in [6.45, 7) is 1.59. The fourth-order valence-electron chi connectivity index (χ4n) is 3.64. The number of urea groups is 1. The predicted octanol–water partition coefficient (Wildman–Crippen LogP) is 1.81. The number of carbonyl (C=O) groups is 4. The van der Waals surface area contributed by atoms with Crippen LogP contribution in [0.25, 0.3) is 0 Å². The van der Waals surface area contributed by atoms with Gasteiger partial charge in [0.15, 0.2) is 0 Å². The van der Waals surface area contributed by atoms with Gasteiger partial charge in [0.05, 0.1) is 0 Å².